The summed E-state index contributed by atoms with van der Waals surface area (Å²) in [6.07, 6.45) is -1.53. The molecule has 0 aliphatic carbocycles. The highest BCUT2D eigenvalue weighted by Gasteiger charge is 2.30. The molecule has 2 aromatic carbocycles. The molecule has 0 bridgehead atoms. The second kappa shape index (κ2) is 7.61. The van der Waals surface area contributed by atoms with Crippen LogP contribution in [0.5, 0.6) is 0 Å². The summed E-state index contributed by atoms with van der Waals surface area (Å²) in [5.41, 5.74) is 1.26. The number of amides is 1. The third-order valence-corrected chi connectivity index (χ3v) is 4.07. The molecule has 3 aromatic rings. The molecule has 27 heavy (non-hydrogen) atoms. The zero-order valence-corrected chi connectivity index (χ0v) is 14.4. The lowest BCUT2D eigenvalue weighted by Gasteiger charge is -2.15. The molecular weight excluding hydrogens is 357 g/mol. The van der Waals surface area contributed by atoms with Crippen molar-refractivity contribution < 1.29 is 18.0 Å². The zero-order valence-electron chi connectivity index (χ0n) is 14.4. The number of nitrogens with zero attached hydrogens (tertiary/aromatic N) is 3. The molecule has 0 spiro atoms. The number of aromatic nitrogens is 3. The number of carbonyl (C=O) groups excluding carboxylic acids is 1. The molecular formula is C19H17F3N4O. The van der Waals surface area contributed by atoms with Crippen molar-refractivity contribution in [1.29, 1.82) is 0 Å². The Morgan fingerprint density at radius 1 is 1.19 bits per heavy atom. The topological polar surface area (TPSA) is 59.8 Å². The molecule has 0 aliphatic rings. The Balaban J connectivity index is 1.62. The van der Waals surface area contributed by atoms with Crippen molar-refractivity contribution in [2.24, 2.45) is 0 Å². The van der Waals surface area contributed by atoms with E-state index in [1.807, 2.05) is 31.2 Å². The maximum atomic E-state index is 12.8. The van der Waals surface area contributed by atoms with Gasteiger partial charge in [-0.15, -0.1) is 0 Å². The number of halogens is 3. The first-order valence-corrected chi connectivity index (χ1v) is 8.23. The van der Waals surface area contributed by atoms with Crippen molar-refractivity contribution in [2.75, 3.05) is 0 Å². The lowest BCUT2D eigenvalue weighted by atomic mass is 10.1. The first-order valence-electron chi connectivity index (χ1n) is 8.23. The summed E-state index contributed by atoms with van der Waals surface area (Å²) in [4.78, 5) is 16.1. The van der Waals surface area contributed by atoms with E-state index >= 15 is 0 Å². The molecule has 0 saturated carbocycles. The van der Waals surface area contributed by atoms with Crippen LogP contribution >= 0.6 is 0 Å². The van der Waals surface area contributed by atoms with Gasteiger partial charge in [0.1, 0.15) is 12.7 Å². The highest BCUT2D eigenvalue weighted by molar-refractivity contribution is 5.79. The molecule has 1 atom stereocenters. The van der Waals surface area contributed by atoms with Gasteiger partial charge in [0, 0.05) is 0 Å². The van der Waals surface area contributed by atoms with Crippen LogP contribution in [0.25, 0.3) is 5.69 Å². The Kier molecular flexibility index (Phi) is 5.25. The molecule has 1 N–H and O–H groups in total. The second-order valence-electron chi connectivity index (χ2n) is 6.10. The van der Waals surface area contributed by atoms with Gasteiger partial charge in [-0.05, 0) is 36.2 Å². The fraction of sp³-hybridized carbons (Fsp3) is 0.211. The molecule has 0 radical (unpaired) electrons. The van der Waals surface area contributed by atoms with Crippen molar-refractivity contribution in [3.63, 3.8) is 0 Å². The van der Waals surface area contributed by atoms with Crippen LogP contribution in [0.1, 0.15) is 29.7 Å². The maximum Gasteiger partial charge on any atom is 0.416 e. The first kappa shape index (κ1) is 18.6. The smallest absolute Gasteiger partial charge is 0.349 e. The van der Waals surface area contributed by atoms with E-state index in [4.69, 9.17) is 0 Å². The summed E-state index contributed by atoms with van der Waals surface area (Å²) in [5, 5.41) is 6.84. The Labute approximate surface area is 153 Å². The van der Waals surface area contributed by atoms with Crippen LogP contribution in [-0.4, -0.2) is 20.7 Å². The van der Waals surface area contributed by atoms with Crippen LogP contribution in [0.15, 0.2) is 61.2 Å². The van der Waals surface area contributed by atoms with Crippen LogP contribution < -0.4 is 5.32 Å². The SMILES string of the molecule is CC(NC(=O)Cc1cccc(C(F)(F)F)c1)c1ccc(-n2cncn2)cc1. The van der Waals surface area contributed by atoms with E-state index in [1.165, 1.54) is 18.5 Å². The van der Waals surface area contributed by atoms with Crippen LogP contribution in [0, 0.1) is 0 Å². The second-order valence-corrected chi connectivity index (χ2v) is 6.10. The Morgan fingerprint density at radius 2 is 1.93 bits per heavy atom. The van der Waals surface area contributed by atoms with Gasteiger partial charge in [0.05, 0.1) is 23.7 Å². The highest BCUT2D eigenvalue weighted by Crippen LogP contribution is 2.29. The number of rotatable bonds is 5. The average molecular weight is 374 g/mol. The predicted molar refractivity (Wildman–Crippen MR) is 93.1 cm³/mol. The van der Waals surface area contributed by atoms with Gasteiger partial charge < -0.3 is 5.32 Å². The van der Waals surface area contributed by atoms with Gasteiger partial charge in [-0.25, -0.2) is 9.67 Å². The fourth-order valence-corrected chi connectivity index (χ4v) is 2.68. The molecule has 8 heteroatoms. The molecule has 0 saturated heterocycles. The molecule has 140 valence electrons. The molecule has 1 heterocycles. The van der Waals surface area contributed by atoms with Gasteiger partial charge in [-0.3, -0.25) is 4.79 Å². The number of benzene rings is 2. The van der Waals surface area contributed by atoms with Gasteiger partial charge in [0.15, 0.2) is 0 Å². The molecule has 5 nitrogen and oxygen atoms in total. The van der Waals surface area contributed by atoms with E-state index in [0.29, 0.717) is 5.56 Å². The summed E-state index contributed by atoms with van der Waals surface area (Å²) >= 11 is 0. The van der Waals surface area contributed by atoms with Crippen LogP contribution in [-0.2, 0) is 17.4 Å². The number of hydrogen-bond donors (Lipinski definition) is 1. The largest absolute Gasteiger partial charge is 0.416 e. The molecule has 0 aliphatic heterocycles. The van der Waals surface area contributed by atoms with E-state index in [9.17, 15) is 18.0 Å². The Hall–Kier alpha value is -3.16. The van der Waals surface area contributed by atoms with Crippen LogP contribution in [0.2, 0.25) is 0 Å². The molecule has 3 rings (SSSR count). The lowest BCUT2D eigenvalue weighted by Crippen LogP contribution is -2.28. The standard InChI is InChI=1S/C19H17F3N4O/c1-13(15-5-7-17(8-6-15)26-12-23-11-24-26)25-18(27)10-14-3-2-4-16(9-14)19(20,21)22/h2-9,11-13H,10H2,1H3,(H,25,27). The summed E-state index contributed by atoms with van der Waals surface area (Å²) in [6.45, 7) is 1.81. The summed E-state index contributed by atoms with van der Waals surface area (Å²) in [6, 6.07) is 11.9. The maximum absolute atomic E-state index is 12.8. The highest BCUT2D eigenvalue weighted by atomic mass is 19.4. The molecule has 1 aromatic heterocycles. The zero-order chi connectivity index (χ0) is 19.4. The van der Waals surface area contributed by atoms with Crippen molar-refractivity contribution in [2.45, 2.75) is 25.6 Å². The first-order chi connectivity index (χ1) is 12.8. The molecule has 0 fully saturated rings. The van der Waals surface area contributed by atoms with Crippen LogP contribution in [0.4, 0.5) is 13.2 Å². The van der Waals surface area contributed by atoms with E-state index in [0.717, 1.165) is 23.4 Å². The lowest BCUT2D eigenvalue weighted by molar-refractivity contribution is -0.137. The van der Waals surface area contributed by atoms with E-state index in [2.05, 4.69) is 15.4 Å². The van der Waals surface area contributed by atoms with E-state index in [-0.39, 0.29) is 18.4 Å². The van der Waals surface area contributed by atoms with Gasteiger partial charge in [-0.1, -0.05) is 30.3 Å². The van der Waals surface area contributed by atoms with Gasteiger partial charge in [0.25, 0.3) is 0 Å². The summed E-state index contributed by atoms with van der Waals surface area (Å²) < 4.78 is 39.9. The van der Waals surface area contributed by atoms with Crippen LogP contribution in [0.3, 0.4) is 0 Å². The van der Waals surface area contributed by atoms with Crippen molar-refractivity contribution in [1.82, 2.24) is 20.1 Å². The summed E-state index contributed by atoms with van der Waals surface area (Å²) in [7, 11) is 0. The number of carbonyl (C=O) groups is 1. The monoisotopic (exact) mass is 374 g/mol. The minimum absolute atomic E-state index is 0.120. The minimum atomic E-state index is -4.42. The number of alkyl halides is 3. The van der Waals surface area contributed by atoms with Gasteiger partial charge in [0.2, 0.25) is 5.91 Å². The quantitative estimate of drug-likeness (QED) is 0.741. The normalized spacial score (nSPS) is 12.6. The third-order valence-electron chi connectivity index (χ3n) is 4.07. The third kappa shape index (κ3) is 4.72. The van der Waals surface area contributed by atoms with Gasteiger partial charge in [-0.2, -0.15) is 18.3 Å². The Morgan fingerprint density at radius 3 is 2.56 bits per heavy atom. The molecule has 1 amide bonds. The van der Waals surface area contributed by atoms with Crippen molar-refractivity contribution in [3.8, 4) is 5.69 Å². The van der Waals surface area contributed by atoms with E-state index < -0.39 is 11.7 Å². The number of nitrogens with one attached hydrogen (secondary N) is 1. The average Bonchev–Trinajstić information content (AvgIpc) is 3.16. The summed E-state index contributed by atoms with van der Waals surface area (Å²) in [5.74, 6) is -0.345. The molecule has 1 unspecified atom stereocenters. The predicted octanol–water partition coefficient (Wildman–Crippen LogP) is 3.71. The number of hydrogen-bond acceptors (Lipinski definition) is 3. The fourth-order valence-electron chi connectivity index (χ4n) is 2.68. The van der Waals surface area contributed by atoms with E-state index in [1.54, 1.807) is 11.0 Å². The minimum Gasteiger partial charge on any atom is -0.349 e. The van der Waals surface area contributed by atoms with Crippen molar-refractivity contribution in [3.05, 3.63) is 77.9 Å². The Bertz CT molecular complexity index is 905. The van der Waals surface area contributed by atoms with Gasteiger partial charge >= 0.3 is 6.18 Å². The van der Waals surface area contributed by atoms with Crippen molar-refractivity contribution >= 4 is 5.91 Å².